The van der Waals surface area contributed by atoms with Crippen molar-refractivity contribution in [1.82, 2.24) is 24.6 Å². The molecular weight excluding hydrogens is 534 g/mol. The van der Waals surface area contributed by atoms with Crippen molar-refractivity contribution >= 4 is 38.7 Å². The van der Waals surface area contributed by atoms with Gasteiger partial charge in [0.15, 0.2) is 17.2 Å². The summed E-state index contributed by atoms with van der Waals surface area (Å²) >= 11 is 3.18. The van der Waals surface area contributed by atoms with Crippen LogP contribution in [0.25, 0.3) is 22.3 Å². The Labute approximate surface area is 213 Å². The number of ether oxygens (including phenoxy) is 1. The number of rotatable bonds is 5. The predicted molar refractivity (Wildman–Crippen MR) is 135 cm³/mol. The quantitative estimate of drug-likeness (QED) is 0.339. The molecule has 2 aromatic heterocycles. The molecule has 1 aliphatic rings. The molecule has 1 saturated heterocycles. The number of nitrogen functional groups attached to an aromatic ring is 1. The Morgan fingerprint density at radius 2 is 1.94 bits per heavy atom. The molecule has 1 amide bonds. The molecule has 0 saturated carbocycles. The van der Waals surface area contributed by atoms with Gasteiger partial charge < -0.3 is 15.4 Å². The number of carbonyl (C=O) groups is 1. The van der Waals surface area contributed by atoms with Crippen LogP contribution in [-0.2, 0) is 4.79 Å². The van der Waals surface area contributed by atoms with Gasteiger partial charge in [0.1, 0.15) is 29.4 Å². The summed E-state index contributed by atoms with van der Waals surface area (Å²) in [6.07, 6.45) is 3.01. The fourth-order valence-electron chi connectivity index (χ4n) is 4.33. The Kier molecular flexibility index (Phi) is 6.40. The highest BCUT2D eigenvalue weighted by molar-refractivity contribution is 9.12. The van der Waals surface area contributed by atoms with Crippen LogP contribution in [0.4, 0.5) is 14.6 Å². The molecular formula is C25H21BrF2N6O2. The lowest BCUT2D eigenvalue weighted by Gasteiger charge is -2.32. The topological polar surface area (TPSA) is 99.2 Å². The van der Waals surface area contributed by atoms with Crippen LogP contribution >= 0.6 is 15.9 Å². The van der Waals surface area contributed by atoms with Crippen molar-refractivity contribution < 1.29 is 18.3 Å². The number of piperidine rings is 1. The van der Waals surface area contributed by atoms with E-state index in [9.17, 15) is 13.6 Å². The Morgan fingerprint density at radius 3 is 2.67 bits per heavy atom. The van der Waals surface area contributed by atoms with E-state index in [0.29, 0.717) is 40.0 Å². The molecule has 2 N–H and O–H groups in total. The zero-order valence-corrected chi connectivity index (χ0v) is 20.6. The van der Waals surface area contributed by atoms with Crippen LogP contribution in [0.5, 0.6) is 11.5 Å². The smallest absolute Gasteiger partial charge is 0.260 e. The van der Waals surface area contributed by atoms with Gasteiger partial charge in [0.05, 0.1) is 15.9 Å². The van der Waals surface area contributed by atoms with Crippen molar-refractivity contribution in [1.29, 1.82) is 0 Å². The predicted octanol–water partition coefficient (Wildman–Crippen LogP) is 5.22. The highest BCUT2D eigenvalue weighted by Gasteiger charge is 2.29. The molecule has 3 heterocycles. The van der Waals surface area contributed by atoms with Crippen LogP contribution in [0.2, 0.25) is 0 Å². The Bertz CT molecular complexity index is 1470. The van der Waals surface area contributed by atoms with E-state index < -0.39 is 11.6 Å². The molecule has 1 aliphatic heterocycles. The lowest BCUT2D eigenvalue weighted by Crippen LogP contribution is -2.41. The third-order valence-electron chi connectivity index (χ3n) is 6.03. The van der Waals surface area contributed by atoms with Gasteiger partial charge in [-0.2, -0.15) is 5.10 Å². The van der Waals surface area contributed by atoms with Gasteiger partial charge in [-0.25, -0.2) is 23.4 Å². The second-order valence-corrected chi connectivity index (χ2v) is 9.36. The van der Waals surface area contributed by atoms with E-state index in [1.807, 2.05) is 0 Å². The van der Waals surface area contributed by atoms with Crippen molar-refractivity contribution in [2.45, 2.75) is 18.9 Å². The highest BCUT2D eigenvalue weighted by Crippen LogP contribution is 2.35. The summed E-state index contributed by atoms with van der Waals surface area (Å²) < 4.78 is 34.8. The lowest BCUT2D eigenvalue weighted by molar-refractivity contribution is -0.127. The fraction of sp³-hybridized carbons (Fsp3) is 0.200. The number of carbonyl (C=O) groups excluding carboxylic acids is 1. The van der Waals surface area contributed by atoms with Gasteiger partial charge in [-0.05, 0) is 65.2 Å². The molecule has 1 atom stereocenters. The molecule has 8 nitrogen and oxygen atoms in total. The number of halogens is 3. The van der Waals surface area contributed by atoms with E-state index >= 15 is 0 Å². The standard InChI is InChI=1S/C25H21BrF2N6O2/c1-14(26)25(35)33-10-2-3-17(12-33)34-24-21(23(29)30-13-31-24)22(32-34)15-4-7-18(8-5-15)36-20-9-6-16(27)11-19(20)28/h4-9,11,13,17H,1-3,10,12H2,(H2,29,30,31). The number of nitrogens with two attached hydrogens (primary N) is 1. The van der Waals surface area contributed by atoms with Gasteiger partial charge in [-0.15, -0.1) is 0 Å². The number of hydrogen-bond acceptors (Lipinski definition) is 6. The molecule has 36 heavy (non-hydrogen) atoms. The molecule has 0 aliphatic carbocycles. The molecule has 4 aromatic rings. The summed E-state index contributed by atoms with van der Waals surface area (Å²) in [6.45, 7) is 4.79. The largest absolute Gasteiger partial charge is 0.454 e. The number of anilines is 1. The minimum absolute atomic E-state index is 0.0842. The first-order valence-electron chi connectivity index (χ1n) is 11.2. The van der Waals surface area contributed by atoms with Crippen molar-refractivity contribution in [3.63, 3.8) is 0 Å². The van der Waals surface area contributed by atoms with Gasteiger partial charge in [0.25, 0.3) is 5.91 Å². The first-order chi connectivity index (χ1) is 17.3. The molecule has 0 radical (unpaired) electrons. The van der Waals surface area contributed by atoms with Crippen LogP contribution < -0.4 is 10.5 Å². The second kappa shape index (κ2) is 9.65. The Hall–Kier alpha value is -3.86. The number of amides is 1. The average molecular weight is 555 g/mol. The van der Waals surface area contributed by atoms with Crippen molar-refractivity contribution in [3.05, 3.63) is 71.5 Å². The number of hydrogen-bond donors (Lipinski definition) is 1. The second-order valence-electron chi connectivity index (χ2n) is 8.40. The van der Waals surface area contributed by atoms with E-state index in [1.165, 1.54) is 12.4 Å². The first-order valence-corrected chi connectivity index (χ1v) is 12.0. The summed E-state index contributed by atoms with van der Waals surface area (Å²) in [6, 6.07) is 9.86. The van der Waals surface area contributed by atoms with Crippen molar-refractivity contribution in [3.8, 4) is 22.8 Å². The maximum absolute atomic E-state index is 14.0. The third-order valence-corrected chi connectivity index (χ3v) is 6.37. The van der Waals surface area contributed by atoms with Crippen LogP contribution in [0.1, 0.15) is 18.9 Å². The molecule has 5 rings (SSSR count). The molecule has 0 bridgehead atoms. The number of fused-ring (bicyclic) bond motifs is 1. The van der Waals surface area contributed by atoms with E-state index in [1.54, 1.807) is 33.8 Å². The maximum Gasteiger partial charge on any atom is 0.260 e. The lowest BCUT2D eigenvalue weighted by atomic mass is 10.1. The summed E-state index contributed by atoms with van der Waals surface area (Å²) in [5.41, 5.74) is 8.11. The first kappa shape index (κ1) is 23.9. The Balaban J connectivity index is 1.48. The molecule has 1 fully saturated rings. The van der Waals surface area contributed by atoms with E-state index in [-0.39, 0.29) is 23.5 Å². The van der Waals surface area contributed by atoms with Crippen LogP contribution in [-0.4, -0.2) is 43.6 Å². The van der Waals surface area contributed by atoms with E-state index in [2.05, 4.69) is 32.5 Å². The third kappa shape index (κ3) is 4.53. The SMILES string of the molecule is C=C(Br)C(=O)N1CCCC(n2nc(-c3ccc(Oc4ccc(F)cc4F)cc3)c3c(N)ncnc32)C1. The number of benzene rings is 2. The molecule has 2 aromatic carbocycles. The minimum Gasteiger partial charge on any atom is -0.454 e. The highest BCUT2D eigenvalue weighted by atomic mass is 79.9. The number of nitrogens with zero attached hydrogens (tertiary/aromatic N) is 5. The van der Waals surface area contributed by atoms with Crippen LogP contribution in [0.15, 0.2) is 59.9 Å². The molecule has 11 heteroatoms. The van der Waals surface area contributed by atoms with E-state index in [4.69, 9.17) is 15.6 Å². The van der Waals surface area contributed by atoms with E-state index in [0.717, 1.165) is 30.5 Å². The average Bonchev–Trinajstić information content (AvgIpc) is 3.27. The van der Waals surface area contributed by atoms with Gasteiger partial charge in [0, 0.05) is 24.7 Å². The van der Waals surface area contributed by atoms with Gasteiger partial charge in [-0.3, -0.25) is 4.79 Å². The molecule has 184 valence electrons. The summed E-state index contributed by atoms with van der Waals surface area (Å²) in [7, 11) is 0. The van der Waals surface area contributed by atoms with Crippen molar-refractivity contribution in [2.75, 3.05) is 18.8 Å². The zero-order valence-electron chi connectivity index (χ0n) is 19.0. The summed E-state index contributed by atoms with van der Waals surface area (Å²) in [5.74, 6) is -1.06. The van der Waals surface area contributed by atoms with Gasteiger partial charge in [-0.1, -0.05) is 6.58 Å². The normalized spacial score (nSPS) is 15.8. The minimum atomic E-state index is -0.794. The number of likely N-dealkylation sites (tertiary alicyclic amines) is 1. The van der Waals surface area contributed by atoms with Crippen LogP contribution in [0, 0.1) is 11.6 Å². The maximum atomic E-state index is 14.0. The van der Waals surface area contributed by atoms with Crippen molar-refractivity contribution in [2.24, 2.45) is 0 Å². The summed E-state index contributed by atoms with van der Waals surface area (Å²) in [5, 5.41) is 5.44. The number of aromatic nitrogens is 4. The zero-order chi connectivity index (χ0) is 25.4. The summed E-state index contributed by atoms with van der Waals surface area (Å²) in [4.78, 5) is 22.8. The van der Waals surface area contributed by atoms with Gasteiger partial charge >= 0.3 is 0 Å². The Morgan fingerprint density at radius 1 is 1.17 bits per heavy atom. The molecule has 1 unspecified atom stereocenters. The fourth-order valence-corrected chi connectivity index (χ4v) is 4.58. The molecule has 0 spiro atoms. The van der Waals surface area contributed by atoms with Crippen LogP contribution in [0.3, 0.4) is 0 Å². The van der Waals surface area contributed by atoms with Gasteiger partial charge in [0.2, 0.25) is 0 Å². The monoisotopic (exact) mass is 554 g/mol.